The Kier molecular flexibility index (Phi) is 4.87. The van der Waals surface area contributed by atoms with Crippen molar-refractivity contribution < 1.29 is 4.79 Å². The largest absolute Gasteiger partial charge is 0.338 e. The van der Waals surface area contributed by atoms with E-state index in [1.807, 2.05) is 31.0 Å². The highest BCUT2D eigenvalue weighted by atomic mass is 32.2. The minimum Gasteiger partial charge on any atom is -0.338 e. The van der Waals surface area contributed by atoms with Crippen LogP contribution in [0.2, 0.25) is 0 Å². The van der Waals surface area contributed by atoms with Gasteiger partial charge in [0.1, 0.15) is 4.34 Å². The summed E-state index contributed by atoms with van der Waals surface area (Å²) in [5.41, 5.74) is 3.13. The van der Waals surface area contributed by atoms with Gasteiger partial charge in [-0.1, -0.05) is 23.9 Å². The Bertz CT molecular complexity index is 735. The molecule has 2 fully saturated rings. The van der Waals surface area contributed by atoms with Crippen LogP contribution in [0.3, 0.4) is 0 Å². The van der Waals surface area contributed by atoms with Crippen LogP contribution in [0.15, 0.2) is 34.0 Å². The van der Waals surface area contributed by atoms with Crippen LogP contribution in [0.5, 0.6) is 0 Å². The van der Waals surface area contributed by atoms with Gasteiger partial charge in [0.15, 0.2) is 0 Å². The maximum atomic E-state index is 12.9. The molecule has 0 spiro atoms. The molecule has 2 aromatic rings. The molecule has 0 atom stereocenters. The first-order chi connectivity index (χ1) is 12.1. The molecular formula is C20H24N2OS2. The fourth-order valence-corrected chi connectivity index (χ4v) is 5.32. The molecule has 0 aliphatic heterocycles. The Morgan fingerprint density at radius 1 is 1.24 bits per heavy atom. The third-order valence-electron chi connectivity index (χ3n) is 5.14. The molecule has 2 aliphatic carbocycles. The second-order valence-electron chi connectivity index (χ2n) is 7.32. The predicted molar refractivity (Wildman–Crippen MR) is 104 cm³/mol. The molecule has 0 unspecified atom stereocenters. The Balaban J connectivity index is 1.38. The number of thiazole rings is 1. The number of aryl methyl sites for hydroxylation is 1. The summed E-state index contributed by atoms with van der Waals surface area (Å²) >= 11 is 3.45. The molecule has 132 valence electrons. The van der Waals surface area contributed by atoms with Crippen molar-refractivity contribution in [3.63, 3.8) is 0 Å². The fourth-order valence-electron chi connectivity index (χ4n) is 3.52. The molecule has 5 heteroatoms. The maximum absolute atomic E-state index is 12.9. The number of rotatable bonds is 7. The van der Waals surface area contributed by atoms with E-state index in [2.05, 4.69) is 22.5 Å². The number of nitrogens with zero attached hydrogens (tertiary/aromatic N) is 2. The number of carbonyl (C=O) groups excluding carboxylic acids is 1. The lowest BCUT2D eigenvalue weighted by atomic mass is 10.0. The van der Waals surface area contributed by atoms with Gasteiger partial charge in [-0.05, 0) is 62.1 Å². The molecule has 0 bridgehead atoms. The quantitative estimate of drug-likeness (QED) is 0.641. The zero-order chi connectivity index (χ0) is 17.4. The summed E-state index contributed by atoms with van der Waals surface area (Å²) in [5.74, 6) is 2.57. The van der Waals surface area contributed by atoms with Crippen molar-refractivity contribution in [2.24, 2.45) is 11.8 Å². The third kappa shape index (κ3) is 4.09. The van der Waals surface area contributed by atoms with E-state index in [1.54, 1.807) is 23.1 Å². The minimum atomic E-state index is 0.179. The van der Waals surface area contributed by atoms with E-state index < -0.39 is 0 Å². The number of hydrogen-bond donors (Lipinski definition) is 0. The average Bonchev–Trinajstić information content (AvgIpc) is 3.55. The summed E-state index contributed by atoms with van der Waals surface area (Å²) in [6.07, 6.45) is 5.19. The van der Waals surface area contributed by atoms with E-state index in [0.717, 1.165) is 33.2 Å². The van der Waals surface area contributed by atoms with E-state index in [4.69, 9.17) is 0 Å². The van der Waals surface area contributed by atoms with Crippen molar-refractivity contribution in [2.75, 3.05) is 7.05 Å². The van der Waals surface area contributed by atoms with Crippen LogP contribution in [0, 0.1) is 18.8 Å². The Labute approximate surface area is 157 Å². The fraction of sp³-hybridized carbons (Fsp3) is 0.500. The number of benzene rings is 1. The molecule has 1 aromatic carbocycles. The Morgan fingerprint density at radius 3 is 2.40 bits per heavy atom. The molecule has 2 aliphatic rings. The SMILES string of the molecule is Cc1csc(SCc2ccc(C(=O)N(C)C(C3CC3)C3CC3)cc2)n1. The van der Waals surface area contributed by atoms with Crippen LogP contribution >= 0.6 is 23.1 Å². The molecule has 0 saturated heterocycles. The van der Waals surface area contributed by atoms with Gasteiger partial charge >= 0.3 is 0 Å². The first-order valence-electron chi connectivity index (χ1n) is 9.03. The molecule has 25 heavy (non-hydrogen) atoms. The van der Waals surface area contributed by atoms with Crippen molar-refractivity contribution in [3.8, 4) is 0 Å². The molecule has 0 radical (unpaired) electrons. The van der Waals surface area contributed by atoms with E-state index in [1.165, 1.54) is 31.2 Å². The van der Waals surface area contributed by atoms with Crippen LogP contribution in [0.1, 0.15) is 47.3 Å². The molecule has 1 aromatic heterocycles. The van der Waals surface area contributed by atoms with Gasteiger partial charge in [-0.3, -0.25) is 4.79 Å². The molecule has 1 heterocycles. The molecule has 0 N–H and O–H groups in total. The van der Waals surface area contributed by atoms with E-state index in [-0.39, 0.29) is 5.91 Å². The summed E-state index contributed by atoms with van der Waals surface area (Å²) in [6, 6.07) is 8.60. The Hall–Kier alpha value is -1.33. The number of thioether (sulfide) groups is 1. The van der Waals surface area contributed by atoms with E-state index in [0.29, 0.717) is 6.04 Å². The van der Waals surface area contributed by atoms with Crippen LogP contribution in [-0.4, -0.2) is 28.9 Å². The second kappa shape index (κ2) is 7.12. The van der Waals surface area contributed by atoms with Crippen molar-refractivity contribution in [2.45, 2.75) is 48.7 Å². The lowest BCUT2D eigenvalue weighted by Crippen LogP contribution is -2.40. The molecule has 1 amide bonds. The van der Waals surface area contributed by atoms with Crippen molar-refractivity contribution in [3.05, 3.63) is 46.5 Å². The van der Waals surface area contributed by atoms with Gasteiger partial charge in [0.05, 0.1) is 0 Å². The topological polar surface area (TPSA) is 33.2 Å². The van der Waals surface area contributed by atoms with Crippen LogP contribution in [0.25, 0.3) is 0 Å². The highest BCUT2D eigenvalue weighted by Crippen LogP contribution is 2.47. The normalized spacial score (nSPS) is 17.1. The van der Waals surface area contributed by atoms with Gasteiger partial charge in [0.2, 0.25) is 0 Å². The average molecular weight is 373 g/mol. The number of aromatic nitrogens is 1. The van der Waals surface area contributed by atoms with Crippen LogP contribution in [0.4, 0.5) is 0 Å². The van der Waals surface area contributed by atoms with Crippen LogP contribution < -0.4 is 0 Å². The first kappa shape index (κ1) is 17.1. The first-order valence-corrected chi connectivity index (χ1v) is 10.9. The monoisotopic (exact) mass is 372 g/mol. The molecular weight excluding hydrogens is 348 g/mol. The lowest BCUT2D eigenvalue weighted by Gasteiger charge is -2.28. The summed E-state index contributed by atoms with van der Waals surface area (Å²) in [4.78, 5) is 19.4. The maximum Gasteiger partial charge on any atom is 0.253 e. The second-order valence-corrected chi connectivity index (χ2v) is 9.40. The van der Waals surface area contributed by atoms with Gasteiger partial charge in [-0.15, -0.1) is 11.3 Å². The molecule has 3 nitrogen and oxygen atoms in total. The van der Waals surface area contributed by atoms with Crippen molar-refractivity contribution in [1.82, 2.24) is 9.88 Å². The number of hydrogen-bond acceptors (Lipinski definition) is 4. The van der Waals surface area contributed by atoms with Crippen LogP contribution in [-0.2, 0) is 5.75 Å². The number of carbonyl (C=O) groups is 1. The van der Waals surface area contributed by atoms with Crippen molar-refractivity contribution in [1.29, 1.82) is 0 Å². The summed E-state index contributed by atoms with van der Waals surface area (Å²) < 4.78 is 1.11. The van der Waals surface area contributed by atoms with Gasteiger partial charge < -0.3 is 4.90 Å². The highest BCUT2D eigenvalue weighted by Gasteiger charge is 2.44. The van der Waals surface area contributed by atoms with E-state index in [9.17, 15) is 4.79 Å². The smallest absolute Gasteiger partial charge is 0.253 e. The highest BCUT2D eigenvalue weighted by molar-refractivity contribution is 8.00. The van der Waals surface area contributed by atoms with Crippen molar-refractivity contribution >= 4 is 29.0 Å². The molecule has 2 saturated carbocycles. The summed E-state index contributed by atoms with van der Waals surface area (Å²) in [7, 11) is 2.00. The predicted octanol–water partition coefficient (Wildman–Crippen LogP) is 5.00. The minimum absolute atomic E-state index is 0.179. The van der Waals surface area contributed by atoms with Gasteiger partial charge in [0, 0.05) is 35.5 Å². The summed E-state index contributed by atoms with van der Waals surface area (Å²) in [6.45, 7) is 2.02. The zero-order valence-corrected chi connectivity index (χ0v) is 16.4. The van der Waals surface area contributed by atoms with Gasteiger partial charge in [-0.25, -0.2) is 4.98 Å². The number of amides is 1. The van der Waals surface area contributed by atoms with Gasteiger partial charge in [-0.2, -0.15) is 0 Å². The zero-order valence-electron chi connectivity index (χ0n) is 14.8. The third-order valence-corrected chi connectivity index (χ3v) is 7.35. The summed E-state index contributed by atoms with van der Waals surface area (Å²) in [5, 5.41) is 2.08. The van der Waals surface area contributed by atoms with Gasteiger partial charge in [0.25, 0.3) is 5.91 Å². The standard InChI is InChI=1S/C20H24N2OS2/c1-13-11-24-20(21-13)25-12-14-3-5-17(6-4-14)19(23)22(2)18(15-7-8-15)16-9-10-16/h3-6,11,15-16,18H,7-10,12H2,1-2H3. The Morgan fingerprint density at radius 2 is 1.88 bits per heavy atom. The van der Waals surface area contributed by atoms with E-state index >= 15 is 0 Å². The lowest BCUT2D eigenvalue weighted by molar-refractivity contribution is 0.0690. The molecule has 4 rings (SSSR count).